The molecule has 0 aliphatic heterocycles. The third-order valence-corrected chi connectivity index (χ3v) is 4.37. The summed E-state index contributed by atoms with van der Waals surface area (Å²) < 4.78 is 5.48. The van der Waals surface area contributed by atoms with Crippen molar-refractivity contribution < 1.29 is 9.53 Å². The fraction of sp³-hybridized carbons (Fsp3) is 0.353. The summed E-state index contributed by atoms with van der Waals surface area (Å²) in [7, 11) is 1.68. The predicted octanol–water partition coefficient (Wildman–Crippen LogP) is 2.34. The van der Waals surface area contributed by atoms with Gasteiger partial charge in [0, 0.05) is 29.9 Å². The van der Waals surface area contributed by atoms with E-state index in [4.69, 9.17) is 4.74 Å². The lowest BCUT2D eigenvalue weighted by Gasteiger charge is -2.43. The van der Waals surface area contributed by atoms with Gasteiger partial charge in [0.2, 0.25) is 0 Å². The number of amides is 1. The number of methoxy groups -OCH3 is 1. The minimum Gasteiger partial charge on any atom is -0.496 e. The number of hydrogen-bond acceptors (Lipinski definition) is 4. The van der Waals surface area contributed by atoms with Crippen molar-refractivity contribution in [3.05, 3.63) is 54.1 Å². The van der Waals surface area contributed by atoms with Crippen molar-refractivity contribution in [3.63, 3.8) is 0 Å². The number of hydrogen-bond donors (Lipinski definition) is 1. The first-order valence-corrected chi connectivity index (χ1v) is 7.43. The summed E-state index contributed by atoms with van der Waals surface area (Å²) in [5, 5.41) is 2.99. The van der Waals surface area contributed by atoms with Crippen LogP contribution in [0, 0.1) is 0 Å². The number of benzene rings is 1. The maximum absolute atomic E-state index is 12.2. The fourth-order valence-corrected chi connectivity index (χ4v) is 2.98. The summed E-state index contributed by atoms with van der Waals surface area (Å²) >= 11 is 0. The van der Waals surface area contributed by atoms with Crippen molar-refractivity contribution in [1.29, 1.82) is 0 Å². The van der Waals surface area contributed by atoms with Crippen molar-refractivity contribution in [2.75, 3.05) is 13.7 Å². The van der Waals surface area contributed by atoms with E-state index < -0.39 is 0 Å². The summed E-state index contributed by atoms with van der Waals surface area (Å²) in [6.07, 6.45) is 7.82. The third kappa shape index (κ3) is 2.66. The molecule has 0 saturated heterocycles. The van der Waals surface area contributed by atoms with Crippen molar-refractivity contribution in [1.82, 2.24) is 15.3 Å². The number of carbonyl (C=O) groups excluding carboxylic acids is 1. The Morgan fingerprint density at radius 3 is 2.77 bits per heavy atom. The molecule has 3 rings (SSSR count). The molecule has 5 nitrogen and oxygen atoms in total. The Morgan fingerprint density at radius 1 is 1.32 bits per heavy atom. The molecule has 1 heterocycles. The quantitative estimate of drug-likeness (QED) is 0.920. The number of ether oxygens (including phenoxy) is 1. The Bertz CT molecular complexity index is 654. The molecule has 114 valence electrons. The Labute approximate surface area is 129 Å². The molecule has 1 amide bonds. The van der Waals surface area contributed by atoms with Crippen LogP contribution in [0.1, 0.15) is 35.3 Å². The van der Waals surface area contributed by atoms with Gasteiger partial charge >= 0.3 is 0 Å². The van der Waals surface area contributed by atoms with E-state index in [2.05, 4.69) is 21.4 Å². The van der Waals surface area contributed by atoms with Gasteiger partial charge in [0.25, 0.3) is 5.91 Å². The van der Waals surface area contributed by atoms with E-state index in [0.29, 0.717) is 12.2 Å². The number of rotatable bonds is 5. The lowest BCUT2D eigenvalue weighted by atomic mass is 9.64. The van der Waals surface area contributed by atoms with E-state index in [1.807, 2.05) is 18.2 Å². The highest BCUT2D eigenvalue weighted by Gasteiger charge is 2.40. The Balaban J connectivity index is 1.76. The lowest BCUT2D eigenvalue weighted by molar-refractivity contribution is 0.0921. The van der Waals surface area contributed by atoms with E-state index >= 15 is 0 Å². The van der Waals surface area contributed by atoms with Crippen LogP contribution < -0.4 is 10.1 Å². The van der Waals surface area contributed by atoms with Crippen LogP contribution in [0.25, 0.3) is 0 Å². The van der Waals surface area contributed by atoms with Crippen molar-refractivity contribution in [3.8, 4) is 5.75 Å². The fourth-order valence-electron chi connectivity index (χ4n) is 2.98. The van der Waals surface area contributed by atoms with E-state index in [0.717, 1.165) is 18.6 Å². The molecule has 0 radical (unpaired) electrons. The molecule has 1 fully saturated rings. The molecule has 0 bridgehead atoms. The van der Waals surface area contributed by atoms with E-state index in [-0.39, 0.29) is 11.3 Å². The standard InChI is InChI=1S/C17H19N3O2/c1-22-15-6-3-2-5-13(15)17(7-4-8-17)12-20-16(21)14-11-18-9-10-19-14/h2-3,5-6,9-11H,4,7-8,12H2,1H3,(H,20,21). The van der Waals surface area contributed by atoms with Crippen LogP contribution in [0.2, 0.25) is 0 Å². The molecule has 0 spiro atoms. The van der Waals surface area contributed by atoms with Crippen LogP contribution in [-0.4, -0.2) is 29.5 Å². The average Bonchev–Trinajstić information content (AvgIpc) is 2.55. The average molecular weight is 297 g/mol. The Kier molecular flexibility index (Phi) is 4.04. The molecule has 1 aliphatic carbocycles. The molecule has 1 aromatic heterocycles. The molecular formula is C17H19N3O2. The number of nitrogens with zero attached hydrogens (tertiary/aromatic N) is 2. The number of nitrogens with one attached hydrogen (secondary N) is 1. The molecule has 1 aliphatic rings. The van der Waals surface area contributed by atoms with Crippen LogP contribution in [0.4, 0.5) is 0 Å². The molecule has 0 unspecified atom stereocenters. The van der Waals surface area contributed by atoms with Crippen molar-refractivity contribution in [2.45, 2.75) is 24.7 Å². The second-order valence-corrected chi connectivity index (χ2v) is 5.61. The molecule has 2 aromatic rings. The smallest absolute Gasteiger partial charge is 0.271 e. The normalized spacial score (nSPS) is 15.7. The van der Waals surface area contributed by atoms with Gasteiger partial charge in [-0.2, -0.15) is 0 Å². The first-order valence-electron chi connectivity index (χ1n) is 7.43. The molecular weight excluding hydrogens is 278 g/mol. The van der Waals surface area contributed by atoms with Crippen LogP contribution in [-0.2, 0) is 5.41 Å². The Hall–Kier alpha value is -2.43. The second-order valence-electron chi connectivity index (χ2n) is 5.61. The summed E-state index contributed by atoms with van der Waals surface area (Å²) in [5.74, 6) is 0.699. The van der Waals surface area contributed by atoms with Crippen LogP contribution in [0.5, 0.6) is 5.75 Å². The second kappa shape index (κ2) is 6.13. The molecule has 1 N–H and O–H groups in total. The van der Waals surface area contributed by atoms with Gasteiger partial charge in [0.05, 0.1) is 13.3 Å². The molecule has 1 aromatic carbocycles. The van der Waals surface area contributed by atoms with Gasteiger partial charge in [0.15, 0.2) is 0 Å². The van der Waals surface area contributed by atoms with E-state index in [1.165, 1.54) is 24.4 Å². The van der Waals surface area contributed by atoms with Crippen molar-refractivity contribution >= 4 is 5.91 Å². The maximum atomic E-state index is 12.2. The minimum absolute atomic E-state index is 0.0372. The number of para-hydroxylation sites is 1. The summed E-state index contributed by atoms with van der Waals surface area (Å²) in [4.78, 5) is 20.1. The minimum atomic E-state index is -0.186. The topological polar surface area (TPSA) is 64.1 Å². The monoisotopic (exact) mass is 297 g/mol. The first kappa shape index (κ1) is 14.5. The van der Waals surface area contributed by atoms with Gasteiger partial charge in [-0.3, -0.25) is 9.78 Å². The van der Waals surface area contributed by atoms with Crippen LogP contribution in [0.3, 0.4) is 0 Å². The van der Waals surface area contributed by atoms with Crippen LogP contribution in [0.15, 0.2) is 42.9 Å². The molecule has 0 atom stereocenters. The van der Waals surface area contributed by atoms with E-state index in [9.17, 15) is 4.79 Å². The molecule has 1 saturated carbocycles. The van der Waals surface area contributed by atoms with Gasteiger partial charge in [-0.05, 0) is 18.9 Å². The van der Waals surface area contributed by atoms with Gasteiger partial charge in [-0.1, -0.05) is 24.6 Å². The lowest BCUT2D eigenvalue weighted by Crippen LogP contribution is -2.45. The zero-order valence-electron chi connectivity index (χ0n) is 12.6. The highest BCUT2D eigenvalue weighted by Crippen LogP contribution is 2.46. The predicted molar refractivity (Wildman–Crippen MR) is 82.9 cm³/mol. The largest absolute Gasteiger partial charge is 0.496 e. The van der Waals surface area contributed by atoms with E-state index in [1.54, 1.807) is 13.3 Å². The zero-order valence-corrected chi connectivity index (χ0v) is 12.6. The third-order valence-electron chi connectivity index (χ3n) is 4.37. The highest BCUT2D eigenvalue weighted by atomic mass is 16.5. The van der Waals surface area contributed by atoms with Gasteiger partial charge in [0.1, 0.15) is 11.4 Å². The summed E-state index contributed by atoms with van der Waals surface area (Å²) in [6.45, 7) is 0.586. The number of aromatic nitrogens is 2. The molecule has 22 heavy (non-hydrogen) atoms. The highest BCUT2D eigenvalue weighted by molar-refractivity contribution is 5.91. The maximum Gasteiger partial charge on any atom is 0.271 e. The Morgan fingerprint density at radius 2 is 2.14 bits per heavy atom. The zero-order chi connectivity index (χ0) is 15.4. The number of carbonyl (C=O) groups is 1. The first-order chi connectivity index (χ1) is 10.7. The molecule has 5 heteroatoms. The van der Waals surface area contributed by atoms with Crippen molar-refractivity contribution in [2.24, 2.45) is 0 Å². The van der Waals surface area contributed by atoms with Gasteiger partial charge in [-0.25, -0.2) is 4.98 Å². The van der Waals surface area contributed by atoms with Gasteiger partial charge < -0.3 is 10.1 Å². The summed E-state index contributed by atoms with van der Waals surface area (Å²) in [6, 6.07) is 8.04. The van der Waals surface area contributed by atoms with Crippen LogP contribution >= 0.6 is 0 Å². The summed E-state index contributed by atoms with van der Waals surface area (Å²) in [5.41, 5.74) is 1.48. The SMILES string of the molecule is COc1ccccc1C1(CNC(=O)c2cnccn2)CCC1. The van der Waals surface area contributed by atoms with Gasteiger partial charge in [-0.15, -0.1) is 0 Å².